The largest absolute Gasteiger partial charge is 0.362 e. The number of amides is 1. The molecule has 160 valence electrons. The number of imidazole rings is 1. The summed E-state index contributed by atoms with van der Waals surface area (Å²) >= 11 is 0. The van der Waals surface area contributed by atoms with E-state index in [-0.39, 0.29) is 28.8 Å². The summed E-state index contributed by atoms with van der Waals surface area (Å²) in [6, 6.07) is 4.52. The number of aryl methyl sites for hydroxylation is 1. The zero-order chi connectivity index (χ0) is 21.8. The van der Waals surface area contributed by atoms with Crippen molar-refractivity contribution in [2.24, 2.45) is 13.0 Å². The lowest BCUT2D eigenvalue weighted by Crippen LogP contribution is -2.49. The molecular formula is C21H27N5O4. The van der Waals surface area contributed by atoms with Crippen LogP contribution in [0.4, 0.5) is 11.4 Å². The van der Waals surface area contributed by atoms with Crippen molar-refractivity contribution < 1.29 is 14.5 Å². The Hall–Kier alpha value is -3.23. The van der Waals surface area contributed by atoms with Gasteiger partial charge in [0, 0.05) is 63.7 Å². The van der Waals surface area contributed by atoms with E-state index in [2.05, 4.69) is 18.8 Å². The van der Waals surface area contributed by atoms with Gasteiger partial charge in [0.25, 0.3) is 5.69 Å². The van der Waals surface area contributed by atoms with Crippen molar-refractivity contribution in [3.05, 3.63) is 52.1 Å². The molecule has 9 nitrogen and oxygen atoms in total. The Morgan fingerprint density at radius 2 is 1.90 bits per heavy atom. The summed E-state index contributed by atoms with van der Waals surface area (Å²) in [7, 11) is 1.70. The summed E-state index contributed by atoms with van der Waals surface area (Å²) in [5, 5.41) is 11.7. The number of carbonyl (C=O) groups is 2. The van der Waals surface area contributed by atoms with Crippen LogP contribution in [0.1, 0.15) is 42.9 Å². The summed E-state index contributed by atoms with van der Waals surface area (Å²) in [6.07, 6.45) is 4.55. The minimum absolute atomic E-state index is 0.116. The number of anilines is 1. The van der Waals surface area contributed by atoms with Crippen LogP contribution in [-0.2, 0) is 11.8 Å². The molecule has 0 aliphatic carbocycles. The third-order valence-electron chi connectivity index (χ3n) is 5.37. The fourth-order valence-corrected chi connectivity index (χ4v) is 3.56. The zero-order valence-electron chi connectivity index (χ0n) is 17.6. The number of nitro groups is 1. The van der Waals surface area contributed by atoms with Gasteiger partial charge in [0.2, 0.25) is 11.7 Å². The highest BCUT2D eigenvalue weighted by Gasteiger charge is 2.27. The van der Waals surface area contributed by atoms with Crippen molar-refractivity contribution in [1.29, 1.82) is 0 Å². The van der Waals surface area contributed by atoms with Crippen LogP contribution in [0.25, 0.3) is 0 Å². The van der Waals surface area contributed by atoms with Crippen LogP contribution < -0.4 is 4.90 Å². The van der Waals surface area contributed by atoms with Gasteiger partial charge < -0.3 is 14.4 Å². The summed E-state index contributed by atoms with van der Waals surface area (Å²) < 4.78 is 1.58. The summed E-state index contributed by atoms with van der Waals surface area (Å²) in [5.41, 5.74) is 0.572. The number of ketones is 1. The fraction of sp³-hybridized carbons (Fsp3) is 0.476. The smallest absolute Gasteiger partial charge is 0.293 e. The molecular weight excluding hydrogens is 386 g/mol. The highest BCUT2D eigenvalue weighted by Crippen LogP contribution is 2.31. The van der Waals surface area contributed by atoms with E-state index < -0.39 is 4.92 Å². The van der Waals surface area contributed by atoms with Crippen molar-refractivity contribution in [2.75, 3.05) is 31.1 Å². The SMILES string of the molecule is CC(C)CCC(=O)N1CCN(c2ccc(C(=O)c3nccn3C)cc2[N+](=O)[O-])CC1. The number of nitrogens with zero attached hydrogens (tertiary/aromatic N) is 5. The lowest BCUT2D eigenvalue weighted by atomic mass is 10.1. The summed E-state index contributed by atoms with van der Waals surface area (Å²) in [5.74, 6) is 0.474. The van der Waals surface area contributed by atoms with E-state index >= 15 is 0 Å². The highest BCUT2D eigenvalue weighted by atomic mass is 16.6. The lowest BCUT2D eigenvalue weighted by molar-refractivity contribution is -0.384. The molecule has 1 aliphatic heterocycles. The monoisotopic (exact) mass is 413 g/mol. The summed E-state index contributed by atoms with van der Waals surface area (Å²) in [6.45, 7) is 6.27. The van der Waals surface area contributed by atoms with Gasteiger partial charge in [-0.05, 0) is 24.5 Å². The molecule has 30 heavy (non-hydrogen) atoms. The molecule has 0 atom stereocenters. The normalized spacial score (nSPS) is 14.3. The van der Waals surface area contributed by atoms with Crippen molar-refractivity contribution in [3.63, 3.8) is 0 Å². The van der Waals surface area contributed by atoms with E-state index in [4.69, 9.17) is 0 Å². The van der Waals surface area contributed by atoms with Gasteiger partial charge in [-0.1, -0.05) is 13.8 Å². The Labute approximate surface area is 175 Å². The van der Waals surface area contributed by atoms with Crippen LogP contribution in [0.15, 0.2) is 30.6 Å². The molecule has 1 aliphatic rings. The fourth-order valence-electron chi connectivity index (χ4n) is 3.56. The van der Waals surface area contributed by atoms with E-state index in [1.54, 1.807) is 29.9 Å². The molecule has 9 heteroatoms. The number of hydrogen-bond acceptors (Lipinski definition) is 6. The first kappa shape index (κ1) is 21.5. The first-order valence-electron chi connectivity index (χ1n) is 10.1. The maximum absolute atomic E-state index is 12.7. The van der Waals surface area contributed by atoms with Crippen LogP contribution >= 0.6 is 0 Å². The van der Waals surface area contributed by atoms with Crippen LogP contribution in [0, 0.1) is 16.0 Å². The number of benzene rings is 1. The van der Waals surface area contributed by atoms with E-state index in [0.717, 1.165) is 6.42 Å². The third kappa shape index (κ3) is 4.67. The quantitative estimate of drug-likeness (QED) is 0.393. The number of rotatable bonds is 7. The van der Waals surface area contributed by atoms with Crippen molar-refractivity contribution in [2.45, 2.75) is 26.7 Å². The Kier molecular flexibility index (Phi) is 6.49. The molecule has 2 aromatic rings. The highest BCUT2D eigenvalue weighted by molar-refractivity contribution is 6.07. The van der Waals surface area contributed by atoms with Gasteiger partial charge in [-0.2, -0.15) is 0 Å². The van der Waals surface area contributed by atoms with Gasteiger partial charge in [-0.3, -0.25) is 19.7 Å². The molecule has 1 aromatic heterocycles. The van der Waals surface area contributed by atoms with Crippen molar-refractivity contribution in [1.82, 2.24) is 14.5 Å². The number of piperazine rings is 1. The maximum atomic E-state index is 12.7. The standard InChI is InChI=1S/C21H27N5O4/c1-15(2)4-7-19(27)25-12-10-24(11-13-25)17-6-5-16(14-18(17)26(29)30)20(28)21-22-8-9-23(21)3/h5-6,8-9,14-15H,4,7,10-13H2,1-3H3. The Morgan fingerprint density at radius 1 is 1.20 bits per heavy atom. The molecule has 0 saturated carbocycles. The van der Waals surface area contributed by atoms with Crippen LogP contribution in [-0.4, -0.2) is 57.2 Å². The average Bonchev–Trinajstić information content (AvgIpc) is 3.17. The molecule has 0 spiro atoms. The molecule has 1 fully saturated rings. The molecule has 3 rings (SSSR count). The molecule has 0 radical (unpaired) electrons. The Balaban J connectivity index is 1.74. The lowest BCUT2D eigenvalue weighted by Gasteiger charge is -2.36. The molecule has 1 amide bonds. The number of hydrogen-bond donors (Lipinski definition) is 0. The second-order valence-electron chi connectivity index (χ2n) is 7.95. The second kappa shape index (κ2) is 9.06. The summed E-state index contributed by atoms with van der Waals surface area (Å²) in [4.78, 5) is 44.0. The van der Waals surface area contributed by atoms with Crippen LogP contribution in [0.2, 0.25) is 0 Å². The molecule has 0 N–H and O–H groups in total. The van der Waals surface area contributed by atoms with Gasteiger partial charge in [-0.25, -0.2) is 4.98 Å². The van der Waals surface area contributed by atoms with Gasteiger partial charge >= 0.3 is 0 Å². The molecule has 2 heterocycles. The molecule has 1 saturated heterocycles. The Bertz CT molecular complexity index is 945. The van der Waals surface area contributed by atoms with Crippen LogP contribution in [0.3, 0.4) is 0 Å². The van der Waals surface area contributed by atoms with E-state index in [9.17, 15) is 19.7 Å². The average molecular weight is 413 g/mol. The second-order valence-corrected chi connectivity index (χ2v) is 7.95. The first-order chi connectivity index (χ1) is 14.3. The van der Waals surface area contributed by atoms with E-state index in [1.165, 1.54) is 12.3 Å². The number of aromatic nitrogens is 2. The molecule has 1 aromatic carbocycles. The molecule has 0 unspecified atom stereocenters. The minimum atomic E-state index is -0.468. The Morgan fingerprint density at radius 3 is 2.47 bits per heavy atom. The maximum Gasteiger partial charge on any atom is 0.293 e. The van der Waals surface area contributed by atoms with Crippen LogP contribution in [0.5, 0.6) is 0 Å². The van der Waals surface area contributed by atoms with E-state index in [0.29, 0.717) is 44.2 Å². The first-order valence-corrected chi connectivity index (χ1v) is 10.1. The molecule has 0 bridgehead atoms. The predicted molar refractivity (Wildman–Crippen MR) is 113 cm³/mol. The minimum Gasteiger partial charge on any atom is -0.362 e. The predicted octanol–water partition coefficient (Wildman–Crippen LogP) is 2.64. The van der Waals surface area contributed by atoms with Gasteiger partial charge in [0.1, 0.15) is 5.69 Å². The number of nitro benzene ring substituents is 1. The zero-order valence-corrected chi connectivity index (χ0v) is 17.6. The van der Waals surface area contributed by atoms with Gasteiger partial charge in [0.15, 0.2) is 5.82 Å². The van der Waals surface area contributed by atoms with Gasteiger partial charge in [-0.15, -0.1) is 0 Å². The van der Waals surface area contributed by atoms with E-state index in [1.807, 2.05) is 9.80 Å². The van der Waals surface area contributed by atoms with Crippen molar-refractivity contribution >= 4 is 23.1 Å². The van der Waals surface area contributed by atoms with Gasteiger partial charge in [0.05, 0.1) is 4.92 Å². The third-order valence-corrected chi connectivity index (χ3v) is 5.37. The number of carbonyl (C=O) groups excluding carboxylic acids is 2. The van der Waals surface area contributed by atoms with Crippen molar-refractivity contribution in [3.8, 4) is 0 Å². The topological polar surface area (TPSA) is 102 Å².